The van der Waals surface area contributed by atoms with E-state index in [0.717, 1.165) is 37.9 Å². The summed E-state index contributed by atoms with van der Waals surface area (Å²) in [5, 5.41) is 2.70. The molecule has 218 valence electrons. The Hall–Kier alpha value is -3.33. The predicted octanol–water partition coefficient (Wildman–Crippen LogP) is 7.71. The van der Waals surface area contributed by atoms with Crippen molar-refractivity contribution in [1.82, 2.24) is 10.2 Å². The molecule has 0 spiro atoms. The molecule has 2 fully saturated rings. The van der Waals surface area contributed by atoms with Crippen LogP contribution in [-0.2, 0) is 29.1 Å². The summed E-state index contributed by atoms with van der Waals surface area (Å²) >= 11 is 0. The molecule has 0 aromatic heterocycles. The van der Waals surface area contributed by atoms with Gasteiger partial charge in [-0.15, -0.1) is 0 Å². The Morgan fingerprint density at radius 2 is 1.37 bits per heavy atom. The number of carbonyl (C=O) groups excluding carboxylic acids is 1. The first-order chi connectivity index (χ1) is 19.5. The monoisotopic (exact) mass is 574 g/mol. The third-order valence-corrected chi connectivity index (χ3v) is 8.67. The molecule has 0 bridgehead atoms. The van der Waals surface area contributed by atoms with Gasteiger partial charge in [-0.05, 0) is 86.0 Å². The summed E-state index contributed by atoms with van der Waals surface area (Å²) in [6, 6.07) is 21.3. The Kier molecular flexibility index (Phi) is 8.19. The lowest BCUT2D eigenvalue weighted by Gasteiger charge is -2.37. The van der Waals surface area contributed by atoms with Crippen LogP contribution in [0.4, 0.5) is 26.3 Å². The summed E-state index contributed by atoms with van der Waals surface area (Å²) in [4.78, 5) is 16.2. The van der Waals surface area contributed by atoms with Crippen LogP contribution in [0.3, 0.4) is 0 Å². The lowest BCUT2D eigenvalue weighted by Crippen LogP contribution is -2.45. The highest BCUT2D eigenvalue weighted by atomic mass is 19.4. The summed E-state index contributed by atoms with van der Waals surface area (Å²) < 4.78 is 80.1. The number of carbonyl (C=O) groups is 1. The molecule has 3 aromatic carbocycles. The van der Waals surface area contributed by atoms with E-state index in [1.54, 1.807) is 0 Å². The lowest BCUT2D eigenvalue weighted by molar-refractivity contribution is -0.143. The first kappa shape index (κ1) is 29.2. The molecule has 3 aromatic rings. The third-order valence-electron chi connectivity index (χ3n) is 8.67. The highest BCUT2D eigenvalue weighted by Gasteiger charge is 2.48. The first-order valence-corrected chi connectivity index (χ1v) is 13.9. The average Bonchev–Trinajstić information content (AvgIpc) is 3.43. The Morgan fingerprint density at radius 1 is 0.805 bits per heavy atom. The number of hydrogen-bond acceptors (Lipinski definition) is 2. The van der Waals surface area contributed by atoms with E-state index in [-0.39, 0.29) is 23.6 Å². The highest BCUT2D eigenvalue weighted by Crippen LogP contribution is 2.45. The van der Waals surface area contributed by atoms with Gasteiger partial charge in [0.25, 0.3) is 0 Å². The van der Waals surface area contributed by atoms with Gasteiger partial charge in [0.1, 0.15) is 0 Å². The van der Waals surface area contributed by atoms with Crippen molar-refractivity contribution in [3.8, 4) is 0 Å². The van der Waals surface area contributed by atoms with E-state index in [0.29, 0.717) is 30.9 Å². The topological polar surface area (TPSA) is 32.3 Å². The van der Waals surface area contributed by atoms with Gasteiger partial charge in [-0.25, -0.2) is 0 Å². The normalized spacial score (nSPS) is 22.5. The maximum absolute atomic E-state index is 13.8. The molecule has 41 heavy (non-hydrogen) atoms. The Balaban J connectivity index is 1.32. The number of hydrogen-bond donors (Lipinski definition) is 1. The van der Waals surface area contributed by atoms with Gasteiger partial charge in [0.15, 0.2) is 0 Å². The van der Waals surface area contributed by atoms with Crippen molar-refractivity contribution in [1.29, 1.82) is 0 Å². The van der Waals surface area contributed by atoms with Crippen molar-refractivity contribution in [2.75, 3.05) is 13.1 Å². The molecule has 2 aliphatic rings. The molecule has 2 unspecified atom stereocenters. The van der Waals surface area contributed by atoms with Crippen LogP contribution < -0.4 is 5.32 Å². The number of halogens is 6. The van der Waals surface area contributed by atoms with Crippen LogP contribution in [0.5, 0.6) is 0 Å². The van der Waals surface area contributed by atoms with Crippen LogP contribution in [0.1, 0.15) is 65.8 Å². The molecule has 1 heterocycles. The Labute approximate surface area is 235 Å². The molecule has 9 heteroatoms. The second-order valence-electron chi connectivity index (χ2n) is 11.2. The van der Waals surface area contributed by atoms with Crippen LogP contribution in [-0.4, -0.2) is 29.9 Å². The largest absolute Gasteiger partial charge is 0.416 e. The molecular weight excluding hydrogens is 542 g/mol. The van der Waals surface area contributed by atoms with Gasteiger partial charge in [-0.3, -0.25) is 4.79 Å². The van der Waals surface area contributed by atoms with Crippen molar-refractivity contribution < 1.29 is 31.1 Å². The summed E-state index contributed by atoms with van der Waals surface area (Å²) in [5.74, 6) is 0.112. The average molecular weight is 575 g/mol. The number of benzene rings is 3. The third kappa shape index (κ3) is 6.45. The zero-order chi connectivity index (χ0) is 29.3. The van der Waals surface area contributed by atoms with Crippen LogP contribution in [0.15, 0.2) is 78.9 Å². The van der Waals surface area contributed by atoms with Crippen molar-refractivity contribution in [2.45, 2.75) is 68.4 Å². The van der Waals surface area contributed by atoms with E-state index in [1.807, 2.05) is 36.4 Å². The molecule has 1 saturated carbocycles. The minimum Gasteiger partial charge on any atom is -0.351 e. The van der Waals surface area contributed by atoms with Gasteiger partial charge in [0.05, 0.1) is 16.5 Å². The molecule has 1 saturated heterocycles. The number of alkyl halides is 6. The molecule has 2 atom stereocenters. The molecular formula is C32H32F6N2O. The van der Waals surface area contributed by atoms with Crippen molar-refractivity contribution >= 4 is 5.91 Å². The van der Waals surface area contributed by atoms with Gasteiger partial charge in [0, 0.05) is 12.6 Å². The molecule has 1 aliphatic heterocycles. The van der Waals surface area contributed by atoms with E-state index in [1.165, 1.54) is 5.56 Å². The van der Waals surface area contributed by atoms with Gasteiger partial charge in [-0.2, -0.15) is 26.3 Å². The van der Waals surface area contributed by atoms with Crippen molar-refractivity contribution in [3.63, 3.8) is 0 Å². The fraction of sp³-hybridized carbons (Fsp3) is 0.406. The number of amides is 1. The van der Waals surface area contributed by atoms with Crippen molar-refractivity contribution in [2.24, 2.45) is 0 Å². The van der Waals surface area contributed by atoms with E-state index in [2.05, 4.69) is 34.5 Å². The van der Waals surface area contributed by atoms with Crippen molar-refractivity contribution in [3.05, 3.63) is 107 Å². The van der Waals surface area contributed by atoms with Gasteiger partial charge < -0.3 is 10.2 Å². The van der Waals surface area contributed by atoms with Crippen LogP contribution in [0.25, 0.3) is 0 Å². The van der Waals surface area contributed by atoms with Gasteiger partial charge in [0.2, 0.25) is 5.91 Å². The van der Waals surface area contributed by atoms with Gasteiger partial charge in [-0.1, -0.05) is 60.7 Å². The second-order valence-corrected chi connectivity index (χ2v) is 11.2. The van der Waals surface area contributed by atoms with Crippen LogP contribution in [0, 0.1) is 0 Å². The zero-order valence-corrected chi connectivity index (χ0v) is 22.4. The Bertz CT molecular complexity index is 1300. The molecule has 3 nitrogen and oxygen atoms in total. The highest BCUT2D eigenvalue weighted by molar-refractivity contribution is 5.88. The fourth-order valence-corrected chi connectivity index (χ4v) is 6.48. The molecule has 1 N–H and O–H groups in total. The summed E-state index contributed by atoms with van der Waals surface area (Å²) in [5.41, 5.74) is -1.82. The van der Waals surface area contributed by atoms with E-state index in [9.17, 15) is 31.1 Å². The maximum Gasteiger partial charge on any atom is 0.416 e. The quantitative estimate of drug-likeness (QED) is 0.306. The second kappa shape index (κ2) is 11.5. The molecule has 0 radical (unpaired) electrons. The predicted molar refractivity (Wildman–Crippen MR) is 144 cm³/mol. The number of piperidine rings is 1. The number of rotatable bonds is 6. The first-order valence-electron chi connectivity index (χ1n) is 13.9. The minimum absolute atomic E-state index is 0.0965. The summed E-state index contributed by atoms with van der Waals surface area (Å²) in [6.07, 6.45) is -6.00. The zero-order valence-electron chi connectivity index (χ0n) is 22.4. The maximum atomic E-state index is 13.8. The summed E-state index contributed by atoms with van der Waals surface area (Å²) in [6.45, 7) is 1.37. The number of nitrogens with one attached hydrogen (secondary N) is 1. The SMILES string of the molecule is O=C(NCc1cc(C(F)(F)F)cc(C(F)(F)F)c1)C1(c2ccccc2)CCC(N2CCC(c3ccccc3)CC2)C1. The van der Waals surface area contributed by atoms with Crippen LogP contribution in [0.2, 0.25) is 0 Å². The van der Waals surface area contributed by atoms with E-state index in [4.69, 9.17) is 0 Å². The fourth-order valence-electron chi connectivity index (χ4n) is 6.48. The smallest absolute Gasteiger partial charge is 0.351 e. The Morgan fingerprint density at radius 3 is 1.93 bits per heavy atom. The standard InChI is InChI=1S/C32H32F6N2O/c33-31(34,35)26-17-22(18-27(19-26)32(36,37)38)21-39-29(41)30(25-9-5-2-6-10-25)14-11-28(20-30)40-15-12-24(13-16-40)23-7-3-1-4-8-23/h1-10,17-19,24,28H,11-16,20-21H2,(H,39,41). The molecule has 1 amide bonds. The van der Waals surface area contributed by atoms with Gasteiger partial charge >= 0.3 is 12.4 Å². The molecule has 5 rings (SSSR count). The molecule has 1 aliphatic carbocycles. The number of likely N-dealkylation sites (tertiary alicyclic amines) is 1. The number of nitrogens with zero attached hydrogens (tertiary/aromatic N) is 1. The lowest BCUT2D eigenvalue weighted by atomic mass is 9.77. The van der Waals surface area contributed by atoms with E-state index < -0.39 is 35.4 Å². The van der Waals surface area contributed by atoms with E-state index >= 15 is 0 Å². The summed E-state index contributed by atoms with van der Waals surface area (Å²) in [7, 11) is 0. The van der Waals surface area contributed by atoms with Crippen LogP contribution >= 0.6 is 0 Å². The minimum atomic E-state index is -4.95.